The lowest BCUT2D eigenvalue weighted by Gasteiger charge is -2.02. The molecule has 0 spiro atoms. The molecule has 2 aromatic rings. The first-order chi connectivity index (χ1) is 9.53. The van der Waals surface area contributed by atoms with Crippen molar-refractivity contribution in [3.05, 3.63) is 34.7 Å². The molecule has 0 fully saturated rings. The van der Waals surface area contributed by atoms with Crippen molar-refractivity contribution in [2.75, 3.05) is 6.54 Å². The van der Waals surface area contributed by atoms with Gasteiger partial charge in [0.2, 0.25) is 10.0 Å². The third kappa shape index (κ3) is 3.69. The van der Waals surface area contributed by atoms with Gasteiger partial charge in [-0.3, -0.25) is 0 Å². The van der Waals surface area contributed by atoms with Crippen molar-refractivity contribution in [2.45, 2.75) is 24.9 Å². The lowest BCUT2D eigenvalue weighted by atomic mass is 10.4. The van der Waals surface area contributed by atoms with Crippen LogP contribution in [0.4, 0.5) is 0 Å². The molecule has 0 saturated heterocycles. The standard InChI is InChI=1S/C11H15BrN4O3S/c1-2-13-6-8-5-9(11(12)19-8)20(17,18)16-7-10-14-3-4-15-10/h3-5,13,16H,2,6-7H2,1H3,(H,14,15). The molecule has 3 N–H and O–H groups in total. The van der Waals surface area contributed by atoms with Gasteiger partial charge in [-0.05, 0) is 22.5 Å². The highest BCUT2D eigenvalue weighted by Gasteiger charge is 2.22. The number of furan rings is 1. The number of hydrogen-bond donors (Lipinski definition) is 3. The Morgan fingerprint density at radius 1 is 1.45 bits per heavy atom. The van der Waals surface area contributed by atoms with Crippen LogP contribution in [0.5, 0.6) is 0 Å². The molecule has 2 heterocycles. The molecule has 0 unspecified atom stereocenters. The van der Waals surface area contributed by atoms with Gasteiger partial charge in [0, 0.05) is 18.5 Å². The van der Waals surface area contributed by atoms with Gasteiger partial charge in [0.05, 0.1) is 13.1 Å². The molecule has 0 aromatic carbocycles. The van der Waals surface area contributed by atoms with Crippen molar-refractivity contribution in [1.82, 2.24) is 20.0 Å². The Hall–Kier alpha value is -1.16. The predicted molar refractivity (Wildman–Crippen MR) is 76.4 cm³/mol. The summed E-state index contributed by atoms with van der Waals surface area (Å²) in [5.41, 5.74) is 0. The van der Waals surface area contributed by atoms with Gasteiger partial charge in [0.1, 0.15) is 16.5 Å². The highest BCUT2D eigenvalue weighted by molar-refractivity contribution is 9.10. The van der Waals surface area contributed by atoms with Gasteiger partial charge >= 0.3 is 0 Å². The molecule has 0 bridgehead atoms. The second-order valence-corrected chi connectivity index (χ2v) is 6.45. The van der Waals surface area contributed by atoms with Crippen LogP contribution < -0.4 is 10.0 Å². The minimum absolute atomic E-state index is 0.0805. The average Bonchev–Trinajstić information content (AvgIpc) is 3.03. The van der Waals surface area contributed by atoms with Gasteiger partial charge < -0.3 is 14.7 Å². The Labute approximate surface area is 125 Å². The molecule has 0 saturated carbocycles. The smallest absolute Gasteiger partial charge is 0.245 e. The fraction of sp³-hybridized carbons (Fsp3) is 0.364. The van der Waals surface area contributed by atoms with Crippen LogP contribution >= 0.6 is 15.9 Å². The molecule has 0 amide bonds. The molecule has 0 aliphatic rings. The van der Waals surface area contributed by atoms with E-state index in [4.69, 9.17) is 4.42 Å². The monoisotopic (exact) mass is 362 g/mol. The van der Waals surface area contributed by atoms with Gasteiger partial charge in [-0.25, -0.2) is 18.1 Å². The molecular formula is C11H15BrN4O3S. The lowest BCUT2D eigenvalue weighted by molar-refractivity contribution is 0.464. The van der Waals surface area contributed by atoms with E-state index in [9.17, 15) is 8.42 Å². The van der Waals surface area contributed by atoms with Crippen LogP contribution in [-0.4, -0.2) is 24.9 Å². The minimum Gasteiger partial charge on any atom is -0.452 e. The predicted octanol–water partition coefficient (Wildman–Crippen LogP) is 1.35. The Bertz CT molecular complexity index is 651. The first kappa shape index (κ1) is 15.2. The molecule has 0 atom stereocenters. The molecule has 2 aromatic heterocycles. The molecule has 0 aliphatic heterocycles. The molecule has 0 aliphatic carbocycles. The number of rotatable bonds is 7. The number of imidazole rings is 1. The number of nitrogens with zero attached hydrogens (tertiary/aromatic N) is 1. The zero-order chi connectivity index (χ0) is 14.6. The topological polar surface area (TPSA) is 100 Å². The van der Waals surface area contributed by atoms with E-state index in [0.717, 1.165) is 6.54 Å². The quantitative estimate of drug-likeness (QED) is 0.690. The van der Waals surface area contributed by atoms with E-state index in [2.05, 4.69) is 35.9 Å². The number of halogens is 1. The highest BCUT2D eigenvalue weighted by Crippen LogP contribution is 2.26. The highest BCUT2D eigenvalue weighted by atomic mass is 79.9. The van der Waals surface area contributed by atoms with E-state index < -0.39 is 10.0 Å². The summed E-state index contributed by atoms with van der Waals surface area (Å²) in [5, 5.41) is 3.07. The third-order valence-corrected chi connectivity index (χ3v) is 4.79. The first-order valence-corrected chi connectivity index (χ1v) is 8.27. The van der Waals surface area contributed by atoms with Crippen LogP contribution in [0.1, 0.15) is 18.5 Å². The zero-order valence-corrected chi connectivity index (χ0v) is 13.2. The first-order valence-electron chi connectivity index (χ1n) is 5.99. The summed E-state index contributed by atoms with van der Waals surface area (Å²) >= 11 is 3.13. The van der Waals surface area contributed by atoms with Crippen LogP contribution in [-0.2, 0) is 23.1 Å². The lowest BCUT2D eigenvalue weighted by Crippen LogP contribution is -2.23. The van der Waals surface area contributed by atoms with E-state index >= 15 is 0 Å². The van der Waals surface area contributed by atoms with Crippen molar-refractivity contribution in [3.63, 3.8) is 0 Å². The van der Waals surface area contributed by atoms with Crippen molar-refractivity contribution >= 4 is 26.0 Å². The van der Waals surface area contributed by atoms with Crippen molar-refractivity contribution in [2.24, 2.45) is 0 Å². The Balaban J connectivity index is 2.10. The number of nitrogens with one attached hydrogen (secondary N) is 3. The fourth-order valence-corrected chi connectivity index (χ4v) is 3.54. The van der Waals surface area contributed by atoms with Gasteiger partial charge in [-0.2, -0.15) is 0 Å². The molecule has 9 heteroatoms. The Morgan fingerprint density at radius 3 is 2.90 bits per heavy atom. The molecule has 20 heavy (non-hydrogen) atoms. The van der Waals surface area contributed by atoms with E-state index in [0.29, 0.717) is 18.1 Å². The van der Waals surface area contributed by atoms with Crippen LogP contribution in [0, 0.1) is 0 Å². The maximum absolute atomic E-state index is 12.2. The number of hydrogen-bond acceptors (Lipinski definition) is 5. The molecule has 7 nitrogen and oxygen atoms in total. The van der Waals surface area contributed by atoms with Crippen molar-refractivity contribution in [1.29, 1.82) is 0 Å². The SMILES string of the molecule is CCNCc1cc(S(=O)(=O)NCc2ncc[nH]2)c(Br)o1. The minimum atomic E-state index is -3.65. The molecule has 0 radical (unpaired) electrons. The normalized spacial score (nSPS) is 11.9. The summed E-state index contributed by atoms with van der Waals surface area (Å²) in [5.74, 6) is 1.10. The summed E-state index contributed by atoms with van der Waals surface area (Å²) in [6.45, 7) is 3.30. The van der Waals surface area contributed by atoms with E-state index in [1.165, 1.54) is 6.07 Å². The zero-order valence-electron chi connectivity index (χ0n) is 10.8. The fourth-order valence-electron chi connectivity index (χ4n) is 1.55. The Morgan fingerprint density at radius 2 is 2.25 bits per heavy atom. The maximum atomic E-state index is 12.2. The maximum Gasteiger partial charge on any atom is 0.245 e. The largest absolute Gasteiger partial charge is 0.452 e. The van der Waals surface area contributed by atoms with Crippen LogP contribution in [0.3, 0.4) is 0 Å². The van der Waals surface area contributed by atoms with Crippen LogP contribution in [0.15, 0.2) is 32.4 Å². The van der Waals surface area contributed by atoms with Gasteiger partial charge in [-0.15, -0.1) is 0 Å². The molecular weight excluding hydrogens is 348 g/mol. The number of aromatic nitrogens is 2. The van der Waals surface area contributed by atoms with Gasteiger partial charge in [0.25, 0.3) is 0 Å². The molecule has 110 valence electrons. The van der Waals surface area contributed by atoms with Gasteiger partial charge in [-0.1, -0.05) is 6.92 Å². The summed E-state index contributed by atoms with van der Waals surface area (Å²) in [6, 6.07) is 1.50. The number of sulfonamides is 1. The second-order valence-electron chi connectivity index (χ2n) is 3.99. The van der Waals surface area contributed by atoms with E-state index in [1.54, 1.807) is 12.4 Å². The van der Waals surface area contributed by atoms with E-state index in [-0.39, 0.29) is 16.1 Å². The third-order valence-electron chi connectivity index (χ3n) is 2.53. The average molecular weight is 363 g/mol. The van der Waals surface area contributed by atoms with Crippen molar-refractivity contribution in [3.8, 4) is 0 Å². The van der Waals surface area contributed by atoms with Crippen LogP contribution in [0.2, 0.25) is 0 Å². The number of aromatic amines is 1. The second kappa shape index (κ2) is 6.53. The summed E-state index contributed by atoms with van der Waals surface area (Å²) < 4.78 is 32.3. The summed E-state index contributed by atoms with van der Waals surface area (Å²) in [4.78, 5) is 6.86. The van der Waals surface area contributed by atoms with E-state index in [1.807, 2.05) is 6.92 Å². The van der Waals surface area contributed by atoms with Crippen LogP contribution in [0.25, 0.3) is 0 Å². The summed E-state index contributed by atoms with van der Waals surface area (Å²) in [7, 11) is -3.65. The van der Waals surface area contributed by atoms with Gasteiger partial charge in [0.15, 0.2) is 4.67 Å². The van der Waals surface area contributed by atoms with Crippen molar-refractivity contribution < 1.29 is 12.8 Å². The Kier molecular flexibility index (Phi) is 4.97. The summed E-state index contributed by atoms with van der Waals surface area (Å²) in [6.07, 6.45) is 3.19. The molecule has 2 rings (SSSR count). The number of H-pyrrole nitrogens is 1.